The number of nitrogens with one attached hydrogen (secondary N) is 3. The summed E-state index contributed by atoms with van der Waals surface area (Å²) in [5.41, 5.74) is 2.77. The lowest BCUT2D eigenvalue weighted by molar-refractivity contribution is -0.0435. The lowest BCUT2D eigenvalue weighted by atomic mass is 9.84. The fraction of sp³-hybridized carbons (Fsp3) is 0.238. The number of halogens is 4. The molecule has 0 saturated carbocycles. The molecule has 19 heteroatoms. The first-order chi connectivity index (χ1) is 29.1. The van der Waals surface area contributed by atoms with Crippen molar-refractivity contribution in [1.29, 1.82) is 0 Å². The number of pyridine rings is 1. The van der Waals surface area contributed by atoms with Crippen molar-refractivity contribution < 1.29 is 44.6 Å². The Morgan fingerprint density at radius 3 is 2.44 bits per heavy atom. The van der Waals surface area contributed by atoms with E-state index in [1.807, 2.05) is 46.0 Å². The highest BCUT2D eigenvalue weighted by Gasteiger charge is 2.48. The Morgan fingerprint density at radius 2 is 1.72 bits per heavy atom. The molecule has 61 heavy (non-hydrogen) atoms. The van der Waals surface area contributed by atoms with Gasteiger partial charge in [-0.2, -0.15) is 13.2 Å². The minimum atomic E-state index is -6.04. The molecule has 2 aromatic heterocycles. The molecular formula is C42H40ClF3N6O7S2. The maximum Gasteiger partial charge on any atom is 0.501 e. The van der Waals surface area contributed by atoms with Crippen LogP contribution in [0.15, 0.2) is 119 Å². The van der Waals surface area contributed by atoms with Crippen LogP contribution in [0.25, 0.3) is 22.2 Å². The third-order valence-corrected chi connectivity index (χ3v) is 13.5. The highest BCUT2D eigenvalue weighted by atomic mass is 35.5. The number of fused-ring (bicyclic) bond motifs is 1. The van der Waals surface area contributed by atoms with Crippen LogP contribution in [0.2, 0.25) is 5.02 Å². The van der Waals surface area contributed by atoms with Gasteiger partial charge >= 0.3 is 5.51 Å². The lowest BCUT2D eigenvalue weighted by Gasteiger charge is -2.36. The number of carbonyl (C=O) groups is 1. The van der Waals surface area contributed by atoms with Gasteiger partial charge in [-0.3, -0.25) is 4.79 Å². The van der Waals surface area contributed by atoms with E-state index >= 15 is 0 Å². The quantitative estimate of drug-likeness (QED) is 0.0670. The van der Waals surface area contributed by atoms with Crippen molar-refractivity contribution in [2.75, 3.05) is 36.4 Å². The molecule has 0 bridgehead atoms. The Hall–Kier alpha value is -5.66. The molecular weight excluding hydrogens is 857 g/mol. The highest BCUT2D eigenvalue weighted by Crippen LogP contribution is 2.40. The molecule has 1 saturated heterocycles. The van der Waals surface area contributed by atoms with Crippen LogP contribution in [0.1, 0.15) is 41.3 Å². The summed E-state index contributed by atoms with van der Waals surface area (Å²) >= 11 is 6.12. The van der Waals surface area contributed by atoms with Crippen LogP contribution < -0.4 is 25.4 Å². The van der Waals surface area contributed by atoms with Crippen LogP contribution >= 0.6 is 11.6 Å². The summed E-state index contributed by atoms with van der Waals surface area (Å²) < 4.78 is 101. The zero-order valence-corrected chi connectivity index (χ0v) is 34.6. The summed E-state index contributed by atoms with van der Waals surface area (Å²) in [7, 11) is -11.0. The molecule has 3 heterocycles. The van der Waals surface area contributed by atoms with E-state index in [-0.39, 0.29) is 42.5 Å². The second kappa shape index (κ2) is 17.7. The number of amides is 1. The van der Waals surface area contributed by atoms with Gasteiger partial charge < -0.3 is 30.8 Å². The molecule has 6 N–H and O–H groups in total. The Kier molecular flexibility index (Phi) is 12.6. The fourth-order valence-corrected chi connectivity index (χ4v) is 9.33. The maximum atomic E-state index is 13.8. The molecule has 4 aromatic carbocycles. The standard InChI is InChI=1S/C42H40ClF3N6O7S2/c43-29-8-6-26(7-9-29)33-4-1-2-5-34(33)39(53)27-15-20-52(21-16-27)30-10-12-35(37(23-30)59-31-22-28-14-19-49-40(28)50-25-31)41(54)51-61(57,58)32-11-13-36(48-18-3-17-47)38(24-32)60(55,56)42(44,45)46/h1-2,4-14,19,22-25,27,39,48,53H,3,15-18,20-21,47H2,(H,49,50)(H,51,54)/t39-/m0/s1. The molecule has 1 aliphatic rings. The fourth-order valence-electron chi connectivity index (χ4n) is 7.18. The van der Waals surface area contributed by atoms with Gasteiger partial charge in [-0.25, -0.2) is 26.5 Å². The van der Waals surface area contributed by atoms with Crippen LogP contribution in [-0.4, -0.2) is 69.5 Å². The van der Waals surface area contributed by atoms with E-state index in [1.165, 1.54) is 12.3 Å². The van der Waals surface area contributed by atoms with E-state index in [2.05, 4.69) is 15.3 Å². The number of anilines is 2. The first kappa shape index (κ1) is 43.4. The van der Waals surface area contributed by atoms with Crippen LogP contribution in [-0.2, 0) is 19.9 Å². The van der Waals surface area contributed by atoms with Crippen molar-refractivity contribution in [3.05, 3.63) is 126 Å². The van der Waals surface area contributed by atoms with Crippen molar-refractivity contribution in [2.24, 2.45) is 11.7 Å². The van der Waals surface area contributed by atoms with Crippen LogP contribution in [0.4, 0.5) is 24.5 Å². The van der Waals surface area contributed by atoms with E-state index in [0.717, 1.165) is 28.8 Å². The molecule has 13 nitrogen and oxygen atoms in total. The minimum absolute atomic E-state index is 0.00460. The smallest absolute Gasteiger partial charge is 0.455 e. The van der Waals surface area contributed by atoms with Crippen molar-refractivity contribution in [3.63, 3.8) is 0 Å². The third kappa shape index (κ3) is 9.48. The number of H-pyrrole nitrogens is 1. The van der Waals surface area contributed by atoms with Gasteiger partial charge in [-0.1, -0.05) is 48.0 Å². The van der Waals surface area contributed by atoms with Crippen LogP contribution in [0.5, 0.6) is 11.5 Å². The van der Waals surface area contributed by atoms with Gasteiger partial charge in [0.15, 0.2) is 0 Å². The number of nitrogens with zero attached hydrogens (tertiary/aromatic N) is 2. The van der Waals surface area contributed by atoms with E-state index in [1.54, 1.807) is 42.6 Å². The number of aliphatic hydroxyl groups is 1. The van der Waals surface area contributed by atoms with Gasteiger partial charge in [0.1, 0.15) is 22.0 Å². The lowest BCUT2D eigenvalue weighted by Crippen LogP contribution is -2.36. The molecule has 0 unspecified atom stereocenters. The Balaban J connectivity index is 1.15. The Morgan fingerprint density at radius 1 is 0.984 bits per heavy atom. The molecule has 7 rings (SSSR count). The number of alkyl halides is 3. The highest BCUT2D eigenvalue weighted by molar-refractivity contribution is 7.92. The van der Waals surface area contributed by atoms with Gasteiger partial charge in [0, 0.05) is 48.0 Å². The predicted octanol–water partition coefficient (Wildman–Crippen LogP) is 7.80. The van der Waals surface area contributed by atoms with Gasteiger partial charge in [0.25, 0.3) is 25.8 Å². The van der Waals surface area contributed by atoms with E-state index < -0.39 is 52.9 Å². The van der Waals surface area contributed by atoms with Gasteiger partial charge in [-0.15, -0.1) is 0 Å². The zero-order valence-electron chi connectivity index (χ0n) is 32.2. The number of rotatable bonds is 14. The molecule has 1 atom stereocenters. The molecule has 0 aliphatic carbocycles. The van der Waals surface area contributed by atoms with E-state index in [0.29, 0.717) is 53.7 Å². The number of aliphatic hydroxyl groups excluding tert-OH is 1. The molecule has 6 aromatic rings. The molecule has 320 valence electrons. The zero-order chi connectivity index (χ0) is 43.5. The van der Waals surface area contributed by atoms with Crippen LogP contribution in [0.3, 0.4) is 0 Å². The number of piperidine rings is 1. The van der Waals surface area contributed by atoms with Crippen molar-refractivity contribution in [1.82, 2.24) is 14.7 Å². The molecule has 1 amide bonds. The summed E-state index contributed by atoms with van der Waals surface area (Å²) in [5, 5.41) is 15.5. The number of aromatic amines is 1. The monoisotopic (exact) mass is 896 g/mol. The number of ether oxygens (including phenoxy) is 1. The largest absolute Gasteiger partial charge is 0.501 e. The summed E-state index contributed by atoms with van der Waals surface area (Å²) in [5.74, 6) is -1.15. The van der Waals surface area contributed by atoms with Crippen molar-refractivity contribution in [2.45, 2.75) is 40.7 Å². The average Bonchev–Trinajstić information content (AvgIpc) is 3.71. The van der Waals surface area contributed by atoms with Crippen LogP contribution in [0, 0.1) is 5.92 Å². The number of nitrogens with two attached hydrogens (primary N) is 1. The van der Waals surface area contributed by atoms with Crippen molar-refractivity contribution in [3.8, 4) is 22.6 Å². The Labute approximate surface area is 354 Å². The maximum absolute atomic E-state index is 13.8. The summed E-state index contributed by atoms with van der Waals surface area (Å²) in [4.78, 5) is 20.9. The number of carbonyl (C=O) groups excluding carboxylic acids is 1. The normalized spacial score (nSPS) is 14.5. The first-order valence-corrected chi connectivity index (χ1v) is 22.4. The molecule has 1 fully saturated rings. The average molecular weight is 897 g/mol. The number of sulfone groups is 1. The predicted molar refractivity (Wildman–Crippen MR) is 226 cm³/mol. The second-order valence-corrected chi connectivity index (χ2v) is 18.4. The second-order valence-electron chi connectivity index (χ2n) is 14.3. The van der Waals surface area contributed by atoms with Gasteiger partial charge in [-0.05, 0) is 103 Å². The summed E-state index contributed by atoms with van der Waals surface area (Å²) in [6.45, 7) is 1.19. The SMILES string of the molecule is NCCCNc1ccc(S(=O)(=O)NC(=O)c2ccc(N3CCC([C@H](O)c4ccccc4-c4ccc(Cl)cc4)CC3)cc2Oc2cnc3[nH]ccc3c2)cc1S(=O)(=O)C(F)(F)F. The molecule has 0 radical (unpaired) electrons. The Bertz CT molecular complexity index is 2780. The molecule has 1 aliphatic heterocycles. The van der Waals surface area contributed by atoms with Gasteiger partial charge in [0.05, 0.1) is 28.4 Å². The number of aromatic nitrogens is 2. The minimum Gasteiger partial charge on any atom is -0.455 e. The first-order valence-electron chi connectivity index (χ1n) is 19.0. The van der Waals surface area contributed by atoms with Crippen molar-refractivity contribution >= 4 is 59.8 Å². The van der Waals surface area contributed by atoms with E-state index in [9.17, 15) is 39.9 Å². The third-order valence-electron chi connectivity index (χ3n) is 10.4. The topological polar surface area (TPSA) is 197 Å². The number of hydrogen-bond acceptors (Lipinski definition) is 11. The number of hydrogen-bond donors (Lipinski definition) is 5. The number of sulfonamides is 1. The van der Waals surface area contributed by atoms with E-state index in [4.69, 9.17) is 22.1 Å². The summed E-state index contributed by atoms with van der Waals surface area (Å²) in [6, 6.07) is 25.1. The summed E-state index contributed by atoms with van der Waals surface area (Å²) in [6.07, 6.45) is 3.82. The number of benzene rings is 4. The van der Waals surface area contributed by atoms with Gasteiger partial charge in [0.2, 0.25) is 0 Å². The molecule has 0 spiro atoms.